The van der Waals surface area contributed by atoms with Gasteiger partial charge in [0.25, 0.3) is 0 Å². The molecule has 2 fully saturated rings. The van der Waals surface area contributed by atoms with Gasteiger partial charge in [0.15, 0.2) is 0 Å². The topological polar surface area (TPSA) is 47.6 Å². The third-order valence-corrected chi connectivity index (χ3v) is 5.97. The number of hydrogen-bond acceptors (Lipinski definition) is 4. The average Bonchev–Trinajstić information content (AvgIpc) is 3.07. The van der Waals surface area contributed by atoms with Crippen LogP contribution in [0.5, 0.6) is 0 Å². The molecule has 1 N–H and O–H groups in total. The van der Waals surface area contributed by atoms with E-state index in [1.54, 1.807) is 0 Å². The van der Waals surface area contributed by atoms with Crippen molar-refractivity contribution in [1.29, 1.82) is 0 Å². The summed E-state index contributed by atoms with van der Waals surface area (Å²) in [7, 11) is 0. The molecule has 1 saturated heterocycles. The van der Waals surface area contributed by atoms with Crippen molar-refractivity contribution >= 4 is 5.97 Å². The van der Waals surface area contributed by atoms with E-state index in [0.29, 0.717) is 18.7 Å². The van der Waals surface area contributed by atoms with Crippen molar-refractivity contribution in [2.24, 2.45) is 11.3 Å². The summed E-state index contributed by atoms with van der Waals surface area (Å²) in [6.45, 7) is 6.37. The molecule has 1 heterocycles. The molecule has 0 aromatic heterocycles. The number of rotatable bonds is 6. The Morgan fingerprint density at radius 3 is 2.60 bits per heavy atom. The summed E-state index contributed by atoms with van der Waals surface area (Å²) in [6, 6.07) is 10.9. The van der Waals surface area contributed by atoms with Crippen molar-refractivity contribution < 1.29 is 14.3 Å². The third kappa shape index (κ3) is 4.42. The fourth-order valence-electron chi connectivity index (χ4n) is 4.23. The summed E-state index contributed by atoms with van der Waals surface area (Å²) in [5.74, 6) is 0.264. The Labute approximate surface area is 151 Å². The van der Waals surface area contributed by atoms with E-state index < -0.39 is 0 Å². The summed E-state index contributed by atoms with van der Waals surface area (Å²) in [5.41, 5.74) is 0.696. The minimum Gasteiger partial charge on any atom is -0.460 e. The lowest BCUT2D eigenvalue weighted by atomic mass is 9.75. The Bertz CT molecular complexity index is 554. The highest BCUT2D eigenvalue weighted by molar-refractivity contribution is 5.77. The fraction of sp³-hybridized carbons (Fsp3) is 0.667. The van der Waals surface area contributed by atoms with E-state index in [0.717, 1.165) is 50.9 Å². The number of nitrogens with one attached hydrogen (secondary N) is 1. The van der Waals surface area contributed by atoms with E-state index in [1.165, 1.54) is 0 Å². The smallest absolute Gasteiger partial charge is 0.312 e. The molecule has 138 valence electrons. The predicted molar refractivity (Wildman–Crippen MR) is 98.1 cm³/mol. The van der Waals surface area contributed by atoms with Crippen molar-refractivity contribution in [1.82, 2.24) is 5.32 Å². The molecule has 0 unspecified atom stereocenters. The minimum atomic E-state index is -0.350. The SMILES string of the molecule is CC(C)[C@]1(C(=O)OCc2ccccc2)CC[C@@H](NC2CCOCC2)C1. The van der Waals surface area contributed by atoms with Gasteiger partial charge in [0.2, 0.25) is 0 Å². The molecule has 4 heteroatoms. The van der Waals surface area contributed by atoms with Gasteiger partial charge in [-0.1, -0.05) is 44.2 Å². The highest BCUT2D eigenvalue weighted by atomic mass is 16.5. The molecule has 2 atom stereocenters. The summed E-state index contributed by atoms with van der Waals surface area (Å²) in [6.07, 6.45) is 5.00. The van der Waals surface area contributed by atoms with Gasteiger partial charge >= 0.3 is 5.97 Å². The Morgan fingerprint density at radius 1 is 1.20 bits per heavy atom. The van der Waals surface area contributed by atoms with Crippen LogP contribution in [0.15, 0.2) is 30.3 Å². The molecular formula is C21H31NO3. The molecule has 1 aliphatic heterocycles. The first-order valence-corrected chi connectivity index (χ1v) is 9.65. The lowest BCUT2D eigenvalue weighted by Crippen LogP contribution is -2.43. The first-order valence-electron chi connectivity index (χ1n) is 9.65. The van der Waals surface area contributed by atoms with Gasteiger partial charge in [-0.2, -0.15) is 0 Å². The predicted octanol–water partition coefficient (Wildman–Crippen LogP) is 3.69. The molecule has 1 aromatic carbocycles. The lowest BCUT2D eigenvalue weighted by molar-refractivity contribution is -0.160. The van der Waals surface area contributed by atoms with Gasteiger partial charge < -0.3 is 14.8 Å². The number of carbonyl (C=O) groups excluding carboxylic acids is 1. The number of esters is 1. The van der Waals surface area contributed by atoms with Gasteiger partial charge in [0.1, 0.15) is 6.61 Å². The Hall–Kier alpha value is -1.39. The van der Waals surface area contributed by atoms with Crippen LogP contribution in [0, 0.1) is 11.3 Å². The van der Waals surface area contributed by atoms with E-state index in [9.17, 15) is 4.79 Å². The maximum absolute atomic E-state index is 12.9. The summed E-state index contributed by atoms with van der Waals surface area (Å²) < 4.78 is 11.2. The lowest BCUT2D eigenvalue weighted by Gasteiger charge is -2.32. The fourth-order valence-corrected chi connectivity index (χ4v) is 4.23. The van der Waals surface area contributed by atoms with Crippen molar-refractivity contribution in [3.05, 3.63) is 35.9 Å². The van der Waals surface area contributed by atoms with E-state index in [4.69, 9.17) is 9.47 Å². The summed E-state index contributed by atoms with van der Waals surface area (Å²) >= 11 is 0. The highest BCUT2D eigenvalue weighted by Gasteiger charge is 2.49. The monoisotopic (exact) mass is 345 g/mol. The quantitative estimate of drug-likeness (QED) is 0.799. The normalized spacial score (nSPS) is 27.6. The van der Waals surface area contributed by atoms with E-state index in [-0.39, 0.29) is 17.3 Å². The minimum absolute atomic E-state index is 0.0253. The van der Waals surface area contributed by atoms with Crippen LogP contribution in [0.25, 0.3) is 0 Å². The van der Waals surface area contributed by atoms with Crippen molar-refractivity contribution in [2.75, 3.05) is 13.2 Å². The Kier molecular flexibility index (Phi) is 6.13. The second-order valence-corrected chi connectivity index (χ2v) is 7.87. The van der Waals surface area contributed by atoms with Crippen LogP contribution in [0.2, 0.25) is 0 Å². The summed E-state index contributed by atoms with van der Waals surface area (Å²) in [5, 5.41) is 3.77. The number of carbonyl (C=O) groups is 1. The van der Waals surface area contributed by atoms with E-state index in [2.05, 4.69) is 19.2 Å². The van der Waals surface area contributed by atoms with Crippen LogP contribution in [0.3, 0.4) is 0 Å². The van der Waals surface area contributed by atoms with Crippen LogP contribution in [-0.2, 0) is 20.9 Å². The molecule has 1 saturated carbocycles. The Balaban J connectivity index is 1.58. The maximum atomic E-state index is 12.9. The van der Waals surface area contributed by atoms with Crippen molar-refractivity contribution in [3.63, 3.8) is 0 Å². The van der Waals surface area contributed by atoms with E-state index in [1.807, 2.05) is 30.3 Å². The number of benzene rings is 1. The average molecular weight is 345 g/mol. The van der Waals surface area contributed by atoms with Crippen LogP contribution in [0.4, 0.5) is 0 Å². The largest absolute Gasteiger partial charge is 0.460 e. The van der Waals surface area contributed by atoms with Gasteiger partial charge in [-0.3, -0.25) is 4.79 Å². The van der Waals surface area contributed by atoms with Gasteiger partial charge in [0.05, 0.1) is 5.41 Å². The van der Waals surface area contributed by atoms with Crippen molar-refractivity contribution in [2.45, 2.75) is 64.6 Å². The molecule has 0 bridgehead atoms. The second-order valence-electron chi connectivity index (χ2n) is 7.87. The summed E-state index contributed by atoms with van der Waals surface area (Å²) in [4.78, 5) is 12.9. The number of hydrogen-bond donors (Lipinski definition) is 1. The van der Waals surface area contributed by atoms with Crippen LogP contribution in [0.1, 0.15) is 51.5 Å². The molecule has 1 aliphatic carbocycles. The maximum Gasteiger partial charge on any atom is 0.312 e. The molecular weight excluding hydrogens is 314 g/mol. The molecule has 0 radical (unpaired) electrons. The first kappa shape index (κ1) is 18.4. The van der Waals surface area contributed by atoms with Gasteiger partial charge in [-0.05, 0) is 43.6 Å². The second kappa shape index (κ2) is 8.33. The molecule has 4 nitrogen and oxygen atoms in total. The van der Waals surface area contributed by atoms with E-state index >= 15 is 0 Å². The van der Waals surface area contributed by atoms with Gasteiger partial charge in [-0.25, -0.2) is 0 Å². The molecule has 1 aromatic rings. The zero-order chi connectivity index (χ0) is 17.7. The van der Waals surface area contributed by atoms with Crippen LogP contribution >= 0.6 is 0 Å². The van der Waals surface area contributed by atoms with Crippen molar-refractivity contribution in [3.8, 4) is 0 Å². The van der Waals surface area contributed by atoms with Gasteiger partial charge in [0, 0.05) is 25.3 Å². The third-order valence-electron chi connectivity index (χ3n) is 5.97. The van der Waals surface area contributed by atoms with Crippen LogP contribution < -0.4 is 5.32 Å². The molecule has 0 amide bonds. The molecule has 2 aliphatic rings. The Morgan fingerprint density at radius 2 is 1.92 bits per heavy atom. The standard InChI is InChI=1S/C21H31NO3/c1-16(2)21(20(23)25-15-17-6-4-3-5-7-17)11-8-19(14-21)22-18-9-12-24-13-10-18/h3-7,16,18-19,22H,8-15H2,1-2H3/t19-,21+/m1/s1. The first-order chi connectivity index (χ1) is 12.1. The molecule has 3 rings (SSSR count). The van der Waals surface area contributed by atoms with Gasteiger partial charge in [-0.15, -0.1) is 0 Å². The number of ether oxygens (including phenoxy) is 2. The zero-order valence-electron chi connectivity index (χ0n) is 15.5. The highest BCUT2D eigenvalue weighted by Crippen LogP contribution is 2.45. The molecule has 0 spiro atoms. The molecule has 25 heavy (non-hydrogen) atoms. The zero-order valence-corrected chi connectivity index (χ0v) is 15.5. The van der Waals surface area contributed by atoms with Crippen LogP contribution in [-0.4, -0.2) is 31.3 Å².